The molecular weight excluding hydrogens is 569 g/mol. The zero-order valence-electron chi connectivity index (χ0n) is 22.4. The number of para-hydroxylation sites is 1. The summed E-state index contributed by atoms with van der Waals surface area (Å²) in [6.07, 6.45) is 3.39. The van der Waals surface area contributed by atoms with Gasteiger partial charge in [0.05, 0.1) is 11.2 Å². The fraction of sp³-hybridized carbons (Fsp3) is 0.108. The molecule has 0 amide bonds. The number of fused-ring (bicyclic) bond motifs is 1. The summed E-state index contributed by atoms with van der Waals surface area (Å²) in [5.74, 6) is 0.538. The van der Waals surface area contributed by atoms with Gasteiger partial charge < -0.3 is 0 Å². The standard InChI is InChI=1S/C37H31NP.BrH/c1-5-15-28(16-6-1)36-33-23-13-14-24-35(33)38-37(29-25-26-29)34(36)27-39(30-17-7-2-8-18-30,31-19-9-3-10-20-31)32-21-11-4-12-22-32;/h1-24,29H,25-27H2;1H/q+1;. The molecule has 0 saturated heterocycles. The number of hydrogen-bond acceptors (Lipinski definition) is 1. The summed E-state index contributed by atoms with van der Waals surface area (Å²) < 4.78 is 0. The van der Waals surface area contributed by atoms with Crippen LogP contribution in [0.1, 0.15) is 30.0 Å². The van der Waals surface area contributed by atoms with Crippen molar-refractivity contribution in [1.29, 1.82) is 0 Å². The molecule has 0 N–H and O–H groups in total. The number of nitrogens with zero attached hydrogens (tertiary/aromatic N) is 1. The van der Waals surface area contributed by atoms with Crippen LogP contribution in [-0.4, -0.2) is 4.98 Å². The normalized spacial score (nSPS) is 13.1. The van der Waals surface area contributed by atoms with Crippen LogP contribution in [0, 0.1) is 0 Å². The van der Waals surface area contributed by atoms with E-state index in [9.17, 15) is 0 Å². The predicted molar refractivity (Wildman–Crippen MR) is 178 cm³/mol. The molecule has 0 bridgehead atoms. The molecule has 3 heteroatoms. The van der Waals surface area contributed by atoms with Gasteiger partial charge in [-0.3, -0.25) is 4.98 Å². The van der Waals surface area contributed by atoms with E-state index in [-0.39, 0.29) is 17.0 Å². The Hall–Kier alpha value is -3.58. The lowest BCUT2D eigenvalue weighted by Gasteiger charge is -2.30. The molecule has 0 atom stereocenters. The summed E-state index contributed by atoms with van der Waals surface area (Å²) >= 11 is 0. The fourth-order valence-electron chi connectivity index (χ4n) is 6.07. The number of rotatable bonds is 7. The van der Waals surface area contributed by atoms with E-state index < -0.39 is 7.26 Å². The first-order chi connectivity index (χ1) is 19.3. The Kier molecular flexibility index (Phi) is 7.65. The van der Waals surface area contributed by atoms with Crippen LogP contribution < -0.4 is 15.9 Å². The van der Waals surface area contributed by atoms with Gasteiger partial charge in [-0.25, -0.2) is 0 Å². The number of pyridine rings is 1. The second kappa shape index (κ2) is 11.5. The summed E-state index contributed by atoms with van der Waals surface area (Å²) in [6.45, 7) is 0. The van der Waals surface area contributed by atoms with Crippen LogP contribution in [0.25, 0.3) is 22.0 Å². The molecule has 40 heavy (non-hydrogen) atoms. The van der Waals surface area contributed by atoms with Crippen LogP contribution in [0.5, 0.6) is 0 Å². The third-order valence-corrected chi connectivity index (χ3v) is 12.4. The zero-order chi connectivity index (χ0) is 26.1. The van der Waals surface area contributed by atoms with Crippen molar-refractivity contribution in [2.75, 3.05) is 0 Å². The molecule has 1 aromatic heterocycles. The Morgan fingerprint density at radius 1 is 0.550 bits per heavy atom. The van der Waals surface area contributed by atoms with Gasteiger partial charge in [0.2, 0.25) is 0 Å². The van der Waals surface area contributed by atoms with E-state index in [1.165, 1.54) is 56.5 Å². The van der Waals surface area contributed by atoms with Gasteiger partial charge in [-0.15, -0.1) is 17.0 Å². The quantitative estimate of drug-likeness (QED) is 0.167. The maximum atomic E-state index is 5.41. The highest BCUT2D eigenvalue weighted by Gasteiger charge is 2.47. The van der Waals surface area contributed by atoms with E-state index in [1.807, 2.05) is 0 Å². The van der Waals surface area contributed by atoms with Crippen LogP contribution in [-0.2, 0) is 6.16 Å². The lowest BCUT2D eigenvalue weighted by Crippen LogP contribution is -2.33. The first-order valence-electron chi connectivity index (χ1n) is 13.9. The molecular formula is C37H32BrNP+. The molecule has 196 valence electrons. The third kappa shape index (κ3) is 4.81. The Morgan fingerprint density at radius 3 is 1.50 bits per heavy atom. The number of benzene rings is 5. The Balaban J connectivity index is 0.00000289. The molecule has 0 radical (unpaired) electrons. The predicted octanol–water partition coefficient (Wildman–Crippen LogP) is 8.85. The summed E-state index contributed by atoms with van der Waals surface area (Å²) in [4.78, 5) is 5.41. The van der Waals surface area contributed by atoms with Crippen LogP contribution in [0.15, 0.2) is 146 Å². The van der Waals surface area contributed by atoms with Crippen molar-refractivity contribution in [2.24, 2.45) is 0 Å². The van der Waals surface area contributed by atoms with E-state index in [0.29, 0.717) is 5.92 Å². The van der Waals surface area contributed by atoms with Gasteiger partial charge >= 0.3 is 0 Å². The molecule has 0 spiro atoms. The first kappa shape index (κ1) is 26.6. The van der Waals surface area contributed by atoms with Crippen molar-refractivity contribution in [2.45, 2.75) is 24.9 Å². The minimum atomic E-state index is -2.08. The van der Waals surface area contributed by atoms with Gasteiger partial charge in [0.15, 0.2) is 0 Å². The van der Waals surface area contributed by atoms with Crippen molar-refractivity contribution in [3.05, 3.63) is 157 Å². The largest absolute Gasteiger partial charge is 0.252 e. The van der Waals surface area contributed by atoms with Crippen LogP contribution >= 0.6 is 24.2 Å². The lowest BCUT2D eigenvalue weighted by molar-refractivity contribution is 1.01. The molecule has 1 heterocycles. The SMILES string of the molecule is Br.c1ccc(-c2c(C[P+](c3ccccc3)(c3ccccc3)c3ccccc3)c(C3CC3)nc3ccccc23)cc1. The van der Waals surface area contributed by atoms with Crippen molar-refractivity contribution in [3.63, 3.8) is 0 Å². The summed E-state index contributed by atoms with van der Waals surface area (Å²) in [6, 6.07) is 53.4. The highest BCUT2D eigenvalue weighted by molar-refractivity contribution is 8.93. The van der Waals surface area contributed by atoms with Gasteiger partial charge in [-0.05, 0) is 66.4 Å². The minimum absolute atomic E-state index is 0. The van der Waals surface area contributed by atoms with Gasteiger partial charge in [-0.2, -0.15) is 0 Å². The monoisotopic (exact) mass is 600 g/mol. The van der Waals surface area contributed by atoms with Crippen LogP contribution in [0.3, 0.4) is 0 Å². The number of halogens is 1. The highest BCUT2D eigenvalue weighted by Crippen LogP contribution is 2.60. The summed E-state index contributed by atoms with van der Waals surface area (Å²) in [7, 11) is -2.08. The summed E-state index contributed by atoms with van der Waals surface area (Å²) in [5.41, 5.74) is 6.47. The van der Waals surface area contributed by atoms with E-state index >= 15 is 0 Å². The highest BCUT2D eigenvalue weighted by atomic mass is 79.9. The van der Waals surface area contributed by atoms with Crippen LogP contribution in [0.4, 0.5) is 0 Å². The molecule has 0 aliphatic heterocycles. The molecule has 1 saturated carbocycles. The number of hydrogen-bond donors (Lipinski definition) is 0. The summed E-state index contributed by atoms with van der Waals surface area (Å²) in [5, 5.41) is 5.49. The first-order valence-corrected chi connectivity index (χ1v) is 15.8. The molecule has 1 nitrogen and oxygen atoms in total. The minimum Gasteiger partial charge on any atom is -0.252 e. The van der Waals surface area contributed by atoms with Crippen LogP contribution in [0.2, 0.25) is 0 Å². The smallest absolute Gasteiger partial charge is 0.116 e. The van der Waals surface area contributed by atoms with Gasteiger partial charge in [-0.1, -0.05) is 103 Å². The van der Waals surface area contributed by atoms with E-state index in [2.05, 4.69) is 146 Å². The molecule has 0 unspecified atom stereocenters. The molecule has 7 rings (SSSR count). The van der Waals surface area contributed by atoms with E-state index in [1.54, 1.807) is 0 Å². The molecule has 5 aromatic carbocycles. The van der Waals surface area contributed by atoms with Gasteiger partial charge in [0, 0.05) is 16.9 Å². The van der Waals surface area contributed by atoms with Crippen molar-refractivity contribution in [3.8, 4) is 11.1 Å². The van der Waals surface area contributed by atoms with Crippen molar-refractivity contribution in [1.82, 2.24) is 4.98 Å². The maximum Gasteiger partial charge on any atom is 0.116 e. The van der Waals surface area contributed by atoms with E-state index in [4.69, 9.17) is 4.98 Å². The average Bonchev–Trinajstić information content (AvgIpc) is 3.87. The maximum absolute atomic E-state index is 5.41. The van der Waals surface area contributed by atoms with E-state index in [0.717, 1.165) is 11.7 Å². The average molecular weight is 602 g/mol. The molecule has 1 fully saturated rings. The molecule has 1 aliphatic rings. The van der Waals surface area contributed by atoms with Crippen molar-refractivity contribution >= 4 is 51.1 Å². The van der Waals surface area contributed by atoms with Gasteiger partial charge in [0.1, 0.15) is 29.3 Å². The Morgan fingerprint density at radius 2 is 1.00 bits per heavy atom. The third-order valence-electron chi connectivity index (χ3n) is 8.04. The topological polar surface area (TPSA) is 12.9 Å². The van der Waals surface area contributed by atoms with Gasteiger partial charge in [0.25, 0.3) is 0 Å². The second-order valence-corrected chi connectivity index (χ2v) is 14.0. The van der Waals surface area contributed by atoms with Crippen molar-refractivity contribution < 1.29 is 0 Å². The lowest BCUT2D eigenvalue weighted by atomic mass is 9.93. The Bertz CT molecular complexity index is 1620. The Labute approximate surface area is 248 Å². The second-order valence-electron chi connectivity index (χ2n) is 10.5. The molecule has 6 aromatic rings. The zero-order valence-corrected chi connectivity index (χ0v) is 25.0. The molecule has 1 aliphatic carbocycles. The number of aromatic nitrogens is 1. The fourth-order valence-corrected chi connectivity index (χ4v) is 10.3.